The molecule has 0 saturated heterocycles. The van der Waals surface area contributed by atoms with Gasteiger partial charge in [-0.1, -0.05) is 17.3 Å². The lowest BCUT2D eigenvalue weighted by Crippen LogP contribution is -2.34. The van der Waals surface area contributed by atoms with Gasteiger partial charge in [0.25, 0.3) is 11.8 Å². The van der Waals surface area contributed by atoms with Gasteiger partial charge in [-0.15, -0.1) is 0 Å². The van der Waals surface area contributed by atoms with E-state index >= 15 is 0 Å². The average Bonchev–Trinajstić information content (AvgIpc) is 3.48. The van der Waals surface area contributed by atoms with Crippen LogP contribution >= 0.6 is 0 Å². The van der Waals surface area contributed by atoms with Crippen LogP contribution in [0.3, 0.4) is 0 Å². The van der Waals surface area contributed by atoms with Crippen molar-refractivity contribution in [3.05, 3.63) is 83.9 Å². The van der Waals surface area contributed by atoms with E-state index in [4.69, 9.17) is 8.94 Å². The van der Waals surface area contributed by atoms with Gasteiger partial charge in [0, 0.05) is 29.7 Å². The molecule has 0 fully saturated rings. The number of para-hydroxylation sites is 1. The lowest BCUT2D eigenvalue weighted by Gasteiger charge is -2.08. The minimum Gasteiger partial charge on any atom is -0.459 e. The van der Waals surface area contributed by atoms with Crippen LogP contribution in [0.4, 0.5) is 5.69 Å². The molecule has 9 nitrogen and oxygen atoms in total. The van der Waals surface area contributed by atoms with E-state index in [0.29, 0.717) is 22.5 Å². The standard InChI is InChI=1S/C23H20N4O5/c28-21(14-18-17-4-1-2-5-19(17)32-27-18)26-16-9-7-15(8-10-16)22(29)24-11-12-25-23(30)20-6-3-13-31-20/h1-10,13H,11-12,14H2,(H,24,29)(H,25,30)(H,26,28). The molecular weight excluding hydrogens is 412 g/mol. The van der Waals surface area contributed by atoms with Gasteiger partial charge in [-0.25, -0.2) is 0 Å². The fourth-order valence-corrected chi connectivity index (χ4v) is 3.08. The third-order valence-electron chi connectivity index (χ3n) is 4.65. The Balaban J connectivity index is 1.23. The largest absolute Gasteiger partial charge is 0.459 e. The molecule has 3 amide bonds. The van der Waals surface area contributed by atoms with Gasteiger partial charge in [-0.2, -0.15) is 0 Å². The van der Waals surface area contributed by atoms with Gasteiger partial charge in [-0.05, 0) is 48.5 Å². The lowest BCUT2D eigenvalue weighted by molar-refractivity contribution is -0.115. The number of carbonyl (C=O) groups excluding carboxylic acids is 3. The first kappa shape index (κ1) is 20.9. The van der Waals surface area contributed by atoms with Crippen LogP contribution in [0.1, 0.15) is 26.6 Å². The van der Waals surface area contributed by atoms with Crippen LogP contribution in [0.5, 0.6) is 0 Å². The Bertz CT molecular complexity index is 1230. The molecule has 0 atom stereocenters. The minimum absolute atomic E-state index is 0.0724. The van der Waals surface area contributed by atoms with Crippen molar-refractivity contribution < 1.29 is 23.3 Å². The zero-order chi connectivity index (χ0) is 22.3. The highest BCUT2D eigenvalue weighted by atomic mass is 16.5. The second kappa shape index (κ2) is 9.61. The predicted octanol–water partition coefficient (Wildman–Crippen LogP) is 2.76. The minimum atomic E-state index is -0.344. The smallest absolute Gasteiger partial charge is 0.287 e. The van der Waals surface area contributed by atoms with Gasteiger partial charge in [0.15, 0.2) is 11.3 Å². The topological polar surface area (TPSA) is 126 Å². The summed E-state index contributed by atoms with van der Waals surface area (Å²) in [6, 6.07) is 17.0. The molecule has 0 aliphatic heterocycles. The SMILES string of the molecule is O=C(Cc1noc2ccccc12)Nc1ccc(C(=O)NCCNC(=O)c2ccco2)cc1. The van der Waals surface area contributed by atoms with E-state index in [-0.39, 0.29) is 43.0 Å². The molecule has 32 heavy (non-hydrogen) atoms. The first-order valence-electron chi connectivity index (χ1n) is 9.93. The highest BCUT2D eigenvalue weighted by Crippen LogP contribution is 2.18. The van der Waals surface area contributed by atoms with Crippen LogP contribution in [0.25, 0.3) is 11.0 Å². The maximum absolute atomic E-state index is 12.3. The normalized spacial score (nSPS) is 10.6. The molecular formula is C23H20N4O5. The second-order valence-corrected chi connectivity index (χ2v) is 6.92. The van der Waals surface area contributed by atoms with Crippen molar-refractivity contribution in [1.29, 1.82) is 0 Å². The first-order chi connectivity index (χ1) is 15.6. The quantitative estimate of drug-likeness (QED) is 0.368. The third-order valence-corrected chi connectivity index (χ3v) is 4.65. The fourth-order valence-electron chi connectivity index (χ4n) is 3.08. The number of benzene rings is 2. The Hall–Kier alpha value is -4.40. The van der Waals surface area contributed by atoms with Gasteiger partial charge < -0.3 is 24.9 Å². The van der Waals surface area contributed by atoms with E-state index in [1.165, 1.54) is 6.26 Å². The highest BCUT2D eigenvalue weighted by Gasteiger charge is 2.13. The highest BCUT2D eigenvalue weighted by molar-refractivity contribution is 5.97. The molecule has 9 heteroatoms. The molecule has 0 bridgehead atoms. The molecule has 3 N–H and O–H groups in total. The first-order valence-corrected chi connectivity index (χ1v) is 9.93. The number of anilines is 1. The van der Waals surface area contributed by atoms with Crippen molar-refractivity contribution in [2.24, 2.45) is 0 Å². The van der Waals surface area contributed by atoms with Gasteiger partial charge in [0.05, 0.1) is 12.7 Å². The molecule has 0 spiro atoms. The number of nitrogens with zero attached hydrogens (tertiary/aromatic N) is 1. The molecule has 0 radical (unpaired) electrons. The summed E-state index contributed by atoms with van der Waals surface area (Å²) in [5.41, 5.74) is 2.19. The Morgan fingerprint density at radius 3 is 2.34 bits per heavy atom. The summed E-state index contributed by atoms with van der Waals surface area (Å²) in [6.07, 6.45) is 1.49. The van der Waals surface area contributed by atoms with Crippen LogP contribution in [0.2, 0.25) is 0 Å². The van der Waals surface area contributed by atoms with E-state index in [9.17, 15) is 14.4 Å². The number of furan rings is 1. The van der Waals surface area contributed by atoms with E-state index in [0.717, 1.165) is 5.39 Å². The summed E-state index contributed by atoms with van der Waals surface area (Å²) in [6.45, 7) is 0.519. The number of fused-ring (bicyclic) bond motifs is 1. The van der Waals surface area contributed by atoms with Crippen LogP contribution in [0, 0.1) is 0 Å². The predicted molar refractivity (Wildman–Crippen MR) is 116 cm³/mol. The molecule has 0 aliphatic rings. The van der Waals surface area contributed by atoms with E-state index in [2.05, 4.69) is 21.1 Å². The van der Waals surface area contributed by atoms with Gasteiger partial charge in [0.1, 0.15) is 5.69 Å². The van der Waals surface area contributed by atoms with E-state index < -0.39 is 0 Å². The summed E-state index contributed by atoms with van der Waals surface area (Å²) < 4.78 is 10.2. The summed E-state index contributed by atoms with van der Waals surface area (Å²) in [5.74, 6) is -0.661. The summed E-state index contributed by atoms with van der Waals surface area (Å²) >= 11 is 0. The number of hydrogen-bond donors (Lipinski definition) is 3. The number of carbonyl (C=O) groups is 3. The third kappa shape index (κ3) is 5.01. The molecule has 4 aromatic rings. The van der Waals surface area contributed by atoms with Crippen molar-refractivity contribution in [2.45, 2.75) is 6.42 Å². The Morgan fingerprint density at radius 1 is 0.844 bits per heavy atom. The van der Waals surface area contributed by atoms with E-state index in [1.54, 1.807) is 42.5 Å². The maximum Gasteiger partial charge on any atom is 0.287 e. The van der Waals surface area contributed by atoms with Gasteiger partial charge in [0.2, 0.25) is 5.91 Å². The van der Waals surface area contributed by atoms with Crippen LogP contribution in [0.15, 0.2) is 75.9 Å². The monoisotopic (exact) mass is 432 g/mol. The molecule has 0 aliphatic carbocycles. The molecule has 162 valence electrons. The Morgan fingerprint density at radius 2 is 1.59 bits per heavy atom. The molecule has 0 saturated carbocycles. The Labute approximate surface area is 182 Å². The summed E-state index contributed by atoms with van der Waals surface area (Å²) in [7, 11) is 0. The zero-order valence-electron chi connectivity index (χ0n) is 17.0. The maximum atomic E-state index is 12.3. The van der Waals surface area contributed by atoms with Crippen molar-refractivity contribution in [1.82, 2.24) is 15.8 Å². The number of rotatable bonds is 8. The van der Waals surface area contributed by atoms with Crippen molar-refractivity contribution in [3.8, 4) is 0 Å². The number of aromatic nitrogens is 1. The zero-order valence-corrected chi connectivity index (χ0v) is 17.0. The fraction of sp³-hybridized carbons (Fsp3) is 0.130. The van der Waals surface area contributed by atoms with Crippen molar-refractivity contribution in [2.75, 3.05) is 18.4 Å². The van der Waals surface area contributed by atoms with Crippen molar-refractivity contribution >= 4 is 34.4 Å². The molecule has 4 rings (SSSR count). The average molecular weight is 432 g/mol. The van der Waals surface area contributed by atoms with Crippen LogP contribution in [-0.2, 0) is 11.2 Å². The number of nitrogens with one attached hydrogen (secondary N) is 3. The number of hydrogen-bond acceptors (Lipinski definition) is 6. The van der Waals surface area contributed by atoms with Gasteiger partial charge >= 0.3 is 0 Å². The molecule has 0 unspecified atom stereocenters. The molecule has 2 aromatic carbocycles. The summed E-state index contributed by atoms with van der Waals surface area (Å²) in [5, 5.41) is 12.9. The van der Waals surface area contributed by atoms with E-state index in [1.807, 2.05) is 18.2 Å². The second-order valence-electron chi connectivity index (χ2n) is 6.92. The van der Waals surface area contributed by atoms with Gasteiger partial charge in [-0.3, -0.25) is 14.4 Å². The lowest BCUT2D eigenvalue weighted by atomic mass is 10.1. The number of amides is 3. The summed E-state index contributed by atoms with van der Waals surface area (Å²) in [4.78, 5) is 36.3. The molecule has 2 heterocycles. The molecule has 2 aromatic heterocycles. The Kier molecular flexibility index (Phi) is 6.26. The van der Waals surface area contributed by atoms with Crippen LogP contribution in [-0.4, -0.2) is 36.0 Å². The van der Waals surface area contributed by atoms with Crippen LogP contribution < -0.4 is 16.0 Å². The van der Waals surface area contributed by atoms with Crippen molar-refractivity contribution in [3.63, 3.8) is 0 Å².